The molecule has 3 rings (SSSR count). The molecule has 1 aromatic carbocycles. The minimum atomic E-state index is 0.138. The van der Waals surface area contributed by atoms with Crippen LogP contribution in [0.15, 0.2) is 18.2 Å². The quantitative estimate of drug-likeness (QED) is 0.752. The van der Waals surface area contributed by atoms with E-state index in [4.69, 9.17) is 0 Å². The number of hydrogen-bond acceptors (Lipinski definition) is 2. The van der Waals surface area contributed by atoms with Crippen LogP contribution in [0.4, 0.5) is 0 Å². The third-order valence-electron chi connectivity index (χ3n) is 3.19. The minimum absolute atomic E-state index is 0.138. The van der Waals surface area contributed by atoms with Gasteiger partial charge in [0.05, 0.1) is 0 Å². The average Bonchev–Trinajstić information content (AvgIpc) is 3.01. The van der Waals surface area contributed by atoms with Crippen molar-refractivity contribution in [2.45, 2.75) is 25.3 Å². The molecular weight excluding hydrogens is 190 g/mol. The second-order valence-corrected chi connectivity index (χ2v) is 4.32. The predicted molar refractivity (Wildman–Crippen MR) is 55.9 cm³/mol. The van der Waals surface area contributed by atoms with Gasteiger partial charge in [-0.1, -0.05) is 0 Å². The number of phenols is 1. The molecule has 3 nitrogen and oxygen atoms in total. The van der Waals surface area contributed by atoms with E-state index < -0.39 is 0 Å². The molecular formula is C12H13NO2. The molecule has 0 aromatic heterocycles. The SMILES string of the molecule is O=C1c2ccc(O)cc2CCN1C1CC1. The van der Waals surface area contributed by atoms with Gasteiger partial charge in [-0.2, -0.15) is 0 Å². The van der Waals surface area contributed by atoms with Gasteiger partial charge in [0, 0.05) is 18.2 Å². The lowest BCUT2D eigenvalue weighted by Gasteiger charge is -2.28. The Kier molecular flexibility index (Phi) is 1.75. The predicted octanol–water partition coefficient (Wildman–Crippen LogP) is 1.55. The van der Waals surface area contributed by atoms with Gasteiger partial charge in [0.25, 0.3) is 5.91 Å². The van der Waals surface area contributed by atoms with Crippen LogP contribution >= 0.6 is 0 Å². The zero-order valence-electron chi connectivity index (χ0n) is 8.44. The van der Waals surface area contributed by atoms with E-state index >= 15 is 0 Å². The normalized spacial score (nSPS) is 20.3. The van der Waals surface area contributed by atoms with Crippen molar-refractivity contribution in [1.29, 1.82) is 0 Å². The first-order valence-corrected chi connectivity index (χ1v) is 5.38. The largest absolute Gasteiger partial charge is 0.508 e. The fraction of sp³-hybridized carbons (Fsp3) is 0.417. The third kappa shape index (κ3) is 1.39. The Labute approximate surface area is 88.3 Å². The van der Waals surface area contributed by atoms with Crippen LogP contribution in [0.5, 0.6) is 5.75 Å². The Morgan fingerprint density at radius 2 is 2.13 bits per heavy atom. The van der Waals surface area contributed by atoms with Crippen LogP contribution in [-0.4, -0.2) is 28.5 Å². The van der Waals surface area contributed by atoms with Crippen LogP contribution in [0.1, 0.15) is 28.8 Å². The van der Waals surface area contributed by atoms with Gasteiger partial charge in [-0.05, 0) is 43.0 Å². The minimum Gasteiger partial charge on any atom is -0.508 e. The number of aromatic hydroxyl groups is 1. The second-order valence-electron chi connectivity index (χ2n) is 4.32. The maximum atomic E-state index is 12.1. The molecule has 1 amide bonds. The van der Waals surface area contributed by atoms with E-state index in [2.05, 4.69) is 0 Å². The van der Waals surface area contributed by atoms with Crippen molar-refractivity contribution in [2.24, 2.45) is 0 Å². The highest BCUT2D eigenvalue weighted by Gasteiger charge is 2.35. The molecule has 0 atom stereocenters. The van der Waals surface area contributed by atoms with Crippen LogP contribution in [0, 0.1) is 0 Å². The van der Waals surface area contributed by atoms with E-state index in [0.29, 0.717) is 6.04 Å². The molecule has 1 aliphatic carbocycles. The summed E-state index contributed by atoms with van der Waals surface area (Å²) in [6.07, 6.45) is 3.17. The van der Waals surface area contributed by atoms with Crippen molar-refractivity contribution in [3.8, 4) is 5.75 Å². The lowest BCUT2D eigenvalue weighted by molar-refractivity contribution is 0.0727. The highest BCUT2D eigenvalue weighted by Crippen LogP contribution is 2.32. The second kappa shape index (κ2) is 2.99. The highest BCUT2D eigenvalue weighted by molar-refractivity contribution is 5.97. The first-order valence-electron chi connectivity index (χ1n) is 5.38. The summed E-state index contributed by atoms with van der Waals surface area (Å²) in [5, 5.41) is 9.34. The standard InChI is InChI=1S/C12H13NO2/c14-10-3-4-11-8(7-10)5-6-13(12(11)15)9-1-2-9/h3-4,7,9,14H,1-2,5-6H2. The summed E-state index contributed by atoms with van der Waals surface area (Å²) >= 11 is 0. The summed E-state index contributed by atoms with van der Waals surface area (Å²) in [4.78, 5) is 14.0. The topological polar surface area (TPSA) is 40.5 Å². The number of fused-ring (bicyclic) bond motifs is 1. The van der Waals surface area contributed by atoms with Crippen molar-refractivity contribution in [1.82, 2.24) is 4.90 Å². The summed E-state index contributed by atoms with van der Waals surface area (Å²) in [6, 6.07) is 5.52. The molecule has 1 aromatic rings. The number of nitrogens with zero attached hydrogens (tertiary/aromatic N) is 1. The van der Waals surface area contributed by atoms with Gasteiger partial charge in [0.1, 0.15) is 5.75 Å². The first kappa shape index (κ1) is 8.77. The van der Waals surface area contributed by atoms with Crippen molar-refractivity contribution in [2.75, 3.05) is 6.54 Å². The van der Waals surface area contributed by atoms with Crippen LogP contribution in [-0.2, 0) is 6.42 Å². The Morgan fingerprint density at radius 3 is 2.87 bits per heavy atom. The molecule has 1 heterocycles. The average molecular weight is 203 g/mol. The lowest BCUT2D eigenvalue weighted by atomic mass is 9.98. The number of carbonyl (C=O) groups excluding carboxylic acids is 1. The van der Waals surface area contributed by atoms with Crippen LogP contribution < -0.4 is 0 Å². The van der Waals surface area contributed by atoms with Crippen LogP contribution in [0.25, 0.3) is 0 Å². The number of phenolic OH excluding ortho intramolecular Hbond substituents is 1. The molecule has 15 heavy (non-hydrogen) atoms. The molecule has 0 saturated heterocycles. The molecule has 1 aliphatic heterocycles. The summed E-state index contributed by atoms with van der Waals surface area (Å²) < 4.78 is 0. The van der Waals surface area contributed by atoms with Gasteiger partial charge in [0.15, 0.2) is 0 Å². The van der Waals surface area contributed by atoms with E-state index in [1.165, 1.54) is 0 Å². The van der Waals surface area contributed by atoms with Crippen molar-refractivity contribution in [3.63, 3.8) is 0 Å². The molecule has 0 radical (unpaired) electrons. The fourth-order valence-electron chi connectivity index (χ4n) is 2.23. The number of benzene rings is 1. The summed E-state index contributed by atoms with van der Waals surface area (Å²) in [5.74, 6) is 0.389. The van der Waals surface area contributed by atoms with E-state index in [0.717, 1.165) is 36.9 Å². The maximum absolute atomic E-state index is 12.1. The number of hydrogen-bond donors (Lipinski definition) is 1. The van der Waals surface area contributed by atoms with Gasteiger partial charge >= 0.3 is 0 Å². The molecule has 0 spiro atoms. The zero-order chi connectivity index (χ0) is 10.4. The van der Waals surface area contributed by atoms with Crippen molar-refractivity contribution in [3.05, 3.63) is 29.3 Å². The Balaban J connectivity index is 1.98. The van der Waals surface area contributed by atoms with Crippen molar-refractivity contribution >= 4 is 5.91 Å². The Hall–Kier alpha value is -1.51. The van der Waals surface area contributed by atoms with Crippen molar-refractivity contribution < 1.29 is 9.90 Å². The van der Waals surface area contributed by atoms with E-state index in [1.54, 1.807) is 18.2 Å². The highest BCUT2D eigenvalue weighted by atomic mass is 16.3. The maximum Gasteiger partial charge on any atom is 0.254 e. The van der Waals surface area contributed by atoms with Gasteiger partial charge in [0.2, 0.25) is 0 Å². The number of carbonyl (C=O) groups is 1. The molecule has 3 heteroatoms. The summed E-state index contributed by atoms with van der Waals surface area (Å²) in [6.45, 7) is 0.806. The van der Waals surface area contributed by atoms with E-state index in [-0.39, 0.29) is 11.7 Å². The van der Waals surface area contributed by atoms with E-state index in [9.17, 15) is 9.90 Å². The Bertz CT molecular complexity index is 424. The number of rotatable bonds is 1. The van der Waals surface area contributed by atoms with Crippen LogP contribution in [0.2, 0.25) is 0 Å². The fourth-order valence-corrected chi connectivity index (χ4v) is 2.23. The van der Waals surface area contributed by atoms with Crippen LogP contribution in [0.3, 0.4) is 0 Å². The molecule has 0 unspecified atom stereocenters. The molecule has 1 fully saturated rings. The molecule has 2 aliphatic rings. The smallest absolute Gasteiger partial charge is 0.254 e. The van der Waals surface area contributed by atoms with Gasteiger partial charge in [-0.15, -0.1) is 0 Å². The number of amides is 1. The monoisotopic (exact) mass is 203 g/mol. The molecule has 0 bridgehead atoms. The lowest BCUT2D eigenvalue weighted by Crippen LogP contribution is -2.39. The van der Waals surface area contributed by atoms with Gasteiger partial charge in [-0.3, -0.25) is 4.79 Å². The van der Waals surface area contributed by atoms with Gasteiger partial charge < -0.3 is 10.0 Å². The third-order valence-corrected chi connectivity index (χ3v) is 3.19. The molecule has 1 N–H and O–H groups in total. The van der Waals surface area contributed by atoms with E-state index in [1.807, 2.05) is 4.90 Å². The zero-order valence-corrected chi connectivity index (χ0v) is 8.44. The summed E-state index contributed by atoms with van der Waals surface area (Å²) in [5.41, 5.74) is 1.75. The first-order chi connectivity index (χ1) is 7.25. The summed E-state index contributed by atoms with van der Waals surface area (Å²) in [7, 11) is 0. The van der Waals surface area contributed by atoms with Gasteiger partial charge in [-0.25, -0.2) is 0 Å². The molecule has 1 saturated carbocycles. The Morgan fingerprint density at radius 1 is 1.33 bits per heavy atom. The molecule has 78 valence electrons.